The third kappa shape index (κ3) is 4.93. The lowest BCUT2D eigenvalue weighted by molar-refractivity contribution is 0.0611. The highest BCUT2D eigenvalue weighted by Crippen LogP contribution is 2.54. The molecule has 2 unspecified atom stereocenters. The van der Waals surface area contributed by atoms with E-state index in [1.54, 1.807) is 7.05 Å². The molecule has 1 amide bonds. The topological polar surface area (TPSA) is 148 Å². The number of nitrogens with one attached hydrogen (secondary N) is 1. The lowest BCUT2D eigenvalue weighted by Crippen LogP contribution is -2.36. The van der Waals surface area contributed by atoms with Gasteiger partial charge in [0.15, 0.2) is 9.84 Å². The van der Waals surface area contributed by atoms with Crippen LogP contribution in [0.15, 0.2) is 18.2 Å². The number of carbonyl (C=O) groups is 1. The number of aryl methyl sites for hydroxylation is 1. The molecule has 1 heterocycles. The largest absolute Gasteiger partial charge is 0.395 e. The van der Waals surface area contributed by atoms with Gasteiger partial charge in [-0.05, 0) is 55.7 Å². The Morgan fingerprint density at radius 1 is 1.35 bits per heavy atom. The van der Waals surface area contributed by atoms with E-state index in [-0.39, 0.29) is 45.7 Å². The van der Waals surface area contributed by atoms with E-state index < -0.39 is 33.8 Å². The molecular weight excluding hydrogens is 487 g/mol. The van der Waals surface area contributed by atoms with Gasteiger partial charge in [-0.15, -0.1) is 0 Å². The molecular formula is C22H28ClFN4O5S. The van der Waals surface area contributed by atoms with E-state index in [0.717, 1.165) is 6.07 Å². The number of hydrogen-bond acceptors (Lipinski definition) is 7. The van der Waals surface area contributed by atoms with Crippen LogP contribution in [0.4, 0.5) is 15.9 Å². The predicted molar refractivity (Wildman–Crippen MR) is 126 cm³/mol. The Morgan fingerprint density at radius 3 is 2.59 bits per heavy atom. The van der Waals surface area contributed by atoms with Crippen LogP contribution in [-0.4, -0.2) is 58.0 Å². The molecule has 2 atom stereocenters. The van der Waals surface area contributed by atoms with Crippen LogP contribution in [0.5, 0.6) is 0 Å². The molecule has 1 aromatic carbocycles. The minimum absolute atomic E-state index is 0.0744. The number of aliphatic hydroxyl groups is 2. The van der Waals surface area contributed by atoms with Crippen molar-refractivity contribution in [1.29, 1.82) is 0 Å². The number of halogens is 2. The van der Waals surface area contributed by atoms with Gasteiger partial charge in [-0.25, -0.2) is 12.8 Å². The number of benzene rings is 1. The third-order valence-corrected chi connectivity index (χ3v) is 9.00. The van der Waals surface area contributed by atoms with E-state index >= 15 is 0 Å². The molecule has 2 saturated carbocycles. The average molecular weight is 515 g/mol. The van der Waals surface area contributed by atoms with E-state index in [9.17, 15) is 22.7 Å². The molecule has 2 aliphatic carbocycles. The molecule has 0 aliphatic heterocycles. The fourth-order valence-electron chi connectivity index (χ4n) is 5.58. The standard InChI is InChI=1S/C22H28ClFN4O5S/c1-28-20(25)18(21(30)26-15-2-3-17(24)16(23)8-15)19(27-28)12-6-13-9-22(31,10-14(13)7-12)11-34(32,33)5-4-29/h2-3,8,12-14,29,31H,4-7,9-11,25H2,1H3,(H,26,30). The Balaban J connectivity index is 1.50. The van der Waals surface area contributed by atoms with Gasteiger partial charge in [0.25, 0.3) is 5.91 Å². The van der Waals surface area contributed by atoms with Crippen LogP contribution in [0.3, 0.4) is 0 Å². The fraction of sp³-hybridized carbons (Fsp3) is 0.545. The maximum Gasteiger partial charge on any atom is 0.261 e. The summed E-state index contributed by atoms with van der Waals surface area (Å²) in [6.45, 7) is -0.469. The Hall–Kier alpha value is -2.21. The zero-order chi connectivity index (χ0) is 24.8. The minimum atomic E-state index is -3.54. The highest BCUT2D eigenvalue weighted by Gasteiger charge is 2.51. The molecule has 2 aromatic rings. The summed E-state index contributed by atoms with van der Waals surface area (Å²) >= 11 is 5.81. The summed E-state index contributed by atoms with van der Waals surface area (Å²) in [6.07, 6.45) is 1.98. The number of sulfone groups is 1. The molecule has 9 nitrogen and oxygen atoms in total. The van der Waals surface area contributed by atoms with Crippen molar-refractivity contribution >= 4 is 38.9 Å². The van der Waals surface area contributed by atoms with Crippen molar-refractivity contribution in [3.63, 3.8) is 0 Å². The highest BCUT2D eigenvalue weighted by molar-refractivity contribution is 7.91. The summed E-state index contributed by atoms with van der Waals surface area (Å²) in [5.41, 5.74) is 5.98. The van der Waals surface area contributed by atoms with Gasteiger partial charge in [0.1, 0.15) is 17.2 Å². The number of hydrogen-bond donors (Lipinski definition) is 4. The van der Waals surface area contributed by atoms with Crippen molar-refractivity contribution in [2.75, 3.05) is 29.2 Å². The average Bonchev–Trinajstić information content (AvgIpc) is 3.33. The maximum absolute atomic E-state index is 13.5. The Kier molecular flexibility index (Phi) is 6.67. The number of nitrogen functional groups attached to an aromatic ring is 1. The van der Waals surface area contributed by atoms with Crippen LogP contribution in [0.1, 0.15) is 47.7 Å². The first-order valence-electron chi connectivity index (χ1n) is 11.0. The molecule has 4 rings (SSSR count). The van der Waals surface area contributed by atoms with E-state index in [4.69, 9.17) is 22.4 Å². The lowest BCUT2D eigenvalue weighted by Gasteiger charge is -2.24. The second kappa shape index (κ2) is 9.10. The summed E-state index contributed by atoms with van der Waals surface area (Å²) in [7, 11) is -1.90. The van der Waals surface area contributed by atoms with Gasteiger partial charge in [0.05, 0.1) is 34.4 Å². The van der Waals surface area contributed by atoms with Crippen LogP contribution in [0.2, 0.25) is 5.02 Å². The number of fused-ring (bicyclic) bond motifs is 1. The number of nitrogens with two attached hydrogens (primary N) is 1. The highest BCUT2D eigenvalue weighted by atomic mass is 35.5. The van der Waals surface area contributed by atoms with Gasteiger partial charge in [0.2, 0.25) is 0 Å². The number of anilines is 2. The number of carbonyl (C=O) groups excluding carboxylic acids is 1. The van der Waals surface area contributed by atoms with Gasteiger partial charge in [0, 0.05) is 18.7 Å². The molecule has 5 N–H and O–H groups in total. The van der Waals surface area contributed by atoms with Gasteiger partial charge >= 0.3 is 0 Å². The SMILES string of the molecule is Cn1nc(C2CC3CC(O)(CS(=O)(=O)CCO)CC3C2)c(C(=O)Nc2ccc(F)c(Cl)c2)c1N. The molecule has 186 valence electrons. The molecule has 0 saturated heterocycles. The number of aromatic nitrogens is 2. The van der Waals surface area contributed by atoms with Gasteiger partial charge in [-0.3, -0.25) is 9.48 Å². The summed E-state index contributed by atoms with van der Waals surface area (Å²) in [5, 5.41) is 26.9. The maximum atomic E-state index is 13.5. The van der Waals surface area contributed by atoms with Crippen molar-refractivity contribution in [2.24, 2.45) is 18.9 Å². The first-order valence-corrected chi connectivity index (χ1v) is 13.2. The number of amides is 1. The summed E-state index contributed by atoms with van der Waals surface area (Å²) in [6, 6.07) is 3.87. The zero-order valence-electron chi connectivity index (χ0n) is 18.7. The first kappa shape index (κ1) is 24.9. The Labute approximate surface area is 202 Å². The van der Waals surface area contributed by atoms with Crippen LogP contribution in [0, 0.1) is 17.7 Å². The number of nitrogens with zero attached hydrogens (tertiary/aromatic N) is 2. The molecule has 34 heavy (non-hydrogen) atoms. The van der Waals surface area contributed by atoms with E-state index in [1.807, 2.05) is 0 Å². The Morgan fingerprint density at radius 2 is 2.00 bits per heavy atom. The van der Waals surface area contributed by atoms with E-state index in [1.165, 1.54) is 16.8 Å². The number of rotatable bonds is 7. The summed E-state index contributed by atoms with van der Waals surface area (Å²) < 4.78 is 39.1. The van der Waals surface area contributed by atoms with E-state index in [2.05, 4.69) is 10.4 Å². The van der Waals surface area contributed by atoms with Crippen molar-refractivity contribution in [1.82, 2.24) is 9.78 Å². The van der Waals surface area contributed by atoms with E-state index in [0.29, 0.717) is 37.1 Å². The molecule has 12 heteroatoms. The molecule has 2 fully saturated rings. The fourth-order valence-corrected chi connectivity index (χ4v) is 7.24. The van der Waals surface area contributed by atoms with Crippen molar-refractivity contribution < 1.29 is 27.8 Å². The van der Waals surface area contributed by atoms with Gasteiger partial charge in [-0.2, -0.15) is 5.10 Å². The second-order valence-electron chi connectivity index (χ2n) is 9.49. The Bertz CT molecular complexity index is 1200. The van der Waals surface area contributed by atoms with Crippen molar-refractivity contribution in [3.8, 4) is 0 Å². The zero-order valence-corrected chi connectivity index (χ0v) is 20.2. The normalized spacial score (nSPS) is 26.6. The smallest absolute Gasteiger partial charge is 0.261 e. The lowest BCUT2D eigenvalue weighted by atomic mass is 9.92. The molecule has 0 bridgehead atoms. The monoisotopic (exact) mass is 514 g/mol. The van der Waals surface area contributed by atoms with Gasteiger partial charge < -0.3 is 21.3 Å². The van der Waals surface area contributed by atoms with Crippen LogP contribution >= 0.6 is 11.6 Å². The summed E-state index contributed by atoms with van der Waals surface area (Å²) in [4.78, 5) is 13.1. The van der Waals surface area contributed by atoms with Crippen LogP contribution in [0.25, 0.3) is 0 Å². The van der Waals surface area contributed by atoms with Gasteiger partial charge in [-0.1, -0.05) is 11.6 Å². The molecule has 2 aliphatic rings. The quantitative estimate of drug-likeness (QED) is 0.442. The third-order valence-electron chi connectivity index (χ3n) is 6.93. The minimum Gasteiger partial charge on any atom is -0.395 e. The summed E-state index contributed by atoms with van der Waals surface area (Å²) in [5.74, 6) is -1.49. The van der Waals surface area contributed by atoms with Crippen LogP contribution < -0.4 is 11.1 Å². The number of aliphatic hydroxyl groups excluding tert-OH is 1. The second-order valence-corrected chi connectivity index (χ2v) is 12.1. The van der Waals surface area contributed by atoms with Crippen LogP contribution in [-0.2, 0) is 16.9 Å². The molecule has 0 radical (unpaired) electrons. The molecule has 1 aromatic heterocycles. The van der Waals surface area contributed by atoms with Crippen molar-refractivity contribution in [3.05, 3.63) is 40.3 Å². The predicted octanol–water partition coefficient (Wildman–Crippen LogP) is 2.09. The van der Waals surface area contributed by atoms with Crippen molar-refractivity contribution in [2.45, 2.75) is 37.2 Å². The molecule has 0 spiro atoms. The first-order chi connectivity index (χ1) is 15.9.